The van der Waals surface area contributed by atoms with Crippen LogP contribution in [0.25, 0.3) is 0 Å². The highest BCUT2D eigenvalue weighted by atomic mass is 15.3. The SMILES string of the molecule is NNc1cccc(Nc2ccc3c(c2)CCC3)n1. The summed E-state index contributed by atoms with van der Waals surface area (Å²) in [6.45, 7) is 0. The van der Waals surface area contributed by atoms with Gasteiger partial charge in [-0.25, -0.2) is 10.8 Å². The fraction of sp³-hybridized carbons (Fsp3) is 0.214. The van der Waals surface area contributed by atoms with Crippen LogP contribution in [0, 0.1) is 0 Å². The zero-order valence-electron chi connectivity index (χ0n) is 10.1. The van der Waals surface area contributed by atoms with Gasteiger partial charge >= 0.3 is 0 Å². The van der Waals surface area contributed by atoms with E-state index in [1.54, 1.807) is 0 Å². The third-order valence-electron chi connectivity index (χ3n) is 3.27. The van der Waals surface area contributed by atoms with Crippen molar-refractivity contribution in [3.8, 4) is 0 Å². The number of nitrogens with zero attached hydrogens (tertiary/aromatic N) is 1. The minimum absolute atomic E-state index is 0.654. The zero-order valence-corrected chi connectivity index (χ0v) is 10.1. The van der Waals surface area contributed by atoms with E-state index in [-0.39, 0.29) is 0 Å². The quantitative estimate of drug-likeness (QED) is 0.570. The maximum atomic E-state index is 5.35. The normalized spacial score (nSPS) is 13.2. The molecule has 0 amide bonds. The van der Waals surface area contributed by atoms with E-state index in [0.29, 0.717) is 5.82 Å². The summed E-state index contributed by atoms with van der Waals surface area (Å²) in [5, 5.41) is 3.30. The van der Waals surface area contributed by atoms with E-state index >= 15 is 0 Å². The molecule has 1 aliphatic carbocycles. The van der Waals surface area contributed by atoms with Gasteiger partial charge < -0.3 is 10.7 Å². The van der Waals surface area contributed by atoms with Crippen LogP contribution < -0.4 is 16.6 Å². The molecule has 2 aromatic rings. The van der Waals surface area contributed by atoms with E-state index in [4.69, 9.17) is 5.84 Å². The van der Waals surface area contributed by atoms with Crippen molar-refractivity contribution in [2.45, 2.75) is 19.3 Å². The molecule has 1 aliphatic rings. The summed E-state index contributed by atoms with van der Waals surface area (Å²) < 4.78 is 0. The van der Waals surface area contributed by atoms with Gasteiger partial charge in [0.2, 0.25) is 0 Å². The number of pyridine rings is 1. The Morgan fingerprint density at radius 2 is 1.83 bits per heavy atom. The highest BCUT2D eigenvalue weighted by Gasteiger charge is 2.10. The van der Waals surface area contributed by atoms with Crippen LogP contribution in [0.15, 0.2) is 36.4 Å². The molecule has 0 bridgehead atoms. The number of aromatic nitrogens is 1. The molecule has 4 nitrogen and oxygen atoms in total. The van der Waals surface area contributed by atoms with E-state index in [2.05, 4.69) is 33.9 Å². The van der Waals surface area contributed by atoms with Gasteiger partial charge in [0.1, 0.15) is 11.6 Å². The van der Waals surface area contributed by atoms with E-state index < -0.39 is 0 Å². The van der Waals surface area contributed by atoms with Crippen LogP contribution in [0.5, 0.6) is 0 Å². The summed E-state index contributed by atoms with van der Waals surface area (Å²) in [6.07, 6.45) is 3.66. The van der Waals surface area contributed by atoms with E-state index in [1.165, 1.54) is 30.4 Å². The lowest BCUT2D eigenvalue weighted by Crippen LogP contribution is -2.08. The Morgan fingerprint density at radius 3 is 2.72 bits per heavy atom. The summed E-state index contributed by atoms with van der Waals surface area (Å²) in [6, 6.07) is 12.2. The number of nitrogens with one attached hydrogen (secondary N) is 2. The molecule has 4 N–H and O–H groups in total. The third kappa shape index (κ3) is 2.15. The number of hydrogen-bond donors (Lipinski definition) is 3. The van der Waals surface area contributed by atoms with Crippen LogP contribution in [-0.2, 0) is 12.8 Å². The third-order valence-corrected chi connectivity index (χ3v) is 3.27. The molecule has 18 heavy (non-hydrogen) atoms. The first kappa shape index (κ1) is 11.0. The number of hydrogen-bond acceptors (Lipinski definition) is 4. The standard InChI is InChI=1S/C14H16N4/c15-18-14-6-2-5-13(17-14)16-12-8-7-10-3-1-4-11(10)9-12/h2,5-9H,1,3-4,15H2,(H2,16,17,18). The topological polar surface area (TPSA) is 63.0 Å². The Balaban J connectivity index is 1.83. The largest absolute Gasteiger partial charge is 0.340 e. The minimum atomic E-state index is 0.654. The number of benzene rings is 1. The lowest BCUT2D eigenvalue weighted by molar-refractivity contribution is 0.912. The van der Waals surface area contributed by atoms with Crippen molar-refractivity contribution < 1.29 is 0 Å². The second kappa shape index (κ2) is 4.66. The van der Waals surface area contributed by atoms with Gasteiger partial charge in [0, 0.05) is 5.69 Å². The van der Waals surface area contributed by atoms with Crippen LogP contribution in [0.1, 0.15) is 17.5 Å². The molecule has 0 atom stereocenters. The van der Waals surface area contributed by atoms with Crippen molar-refractivity contribution in [1.29, 1.82) is 0 Å². The Bertz CT molecular complexity index is 565. The molecule has 0 radical (unpaired) electrons. The summed E-state index contributed by atoms with van der Waals surface area (Å²) in [5.74, 6) is 6.79. The molecule has 0 unspecified atom stereocenters. The van der Waals surface area contributed by atoms with Gasteiger partial charge in [-0.15, -0.1) is 0 Å². The molecule has 1 aromatic carbocycles. The molecule has 0 aliphatic heterocycles. The van der Waals surface area contributed by atoms with Crippen molar-refractivity contribution >= 4 is 17.3 Å². The number of anilines is 3. The van der Waals surface area contributed by atoms with Crippen LogP contribution in [0.3, 0.4) is 0 Å². The molecule has 1 heterocycles. The fourth-order valence-electron chi connectivity index (χ4n) is 2.38. The predicted octanol–water partition coefficient (Wildman–Crippen LogP) is 2.60. The molecule has 0 fully saturated rings. The average Bonchev–Trinajstić information content (AvgIpc) is 2.86. The number of rotatable bonds is 3. The Kier molecular flexibility index (Phi) is 2.86. The molecule has 0 spiro atoms. The molecule has 3 rings (SSSR count). The molecule has 0 saturated heterocycles. The second-order valence-electron chi connectivity index (χ2n) is 4.51. The van der Waals surface area contributed by atoms with Gasteiger partial charge in [-0.3, -0.25) is 0 Å². The highest BCUT2D eigenvalue weighted by Crippen LogP contribution is 2.26. The van der Waals surface area contributed by atoms with Gasteiger partial charge in [0.15, 0.2) is 0 Å². The fourth-order valence-corrected chi connectivity index (χ4v) is 2.38. The second-order valence-corrected chi connectivity index (χ2v) is 4.51. The number of nitrogens with two attached hydrogens (primary N) is 1. The first-order valence-corrected chi connectivity index (χ1v) is 6.18. The maximum Gasteiger partial charge on any atom is 0.142 e. The Hall–Kier alpha value is -2.07. The van der Waals surface area contributed by atoms with Crippen LogP contribution in [0.2, 0.25) is 0 Å². The molecular formula is C14H16N4. The summed E-state index contributed by atoms with van der Waals surface area (Å²) >= 11 is 0. The highest BCUT2D eigenvalue weighted by molar-refractivity contribution is 5.60. The summed E-state index contributed by atoms with van der Waals surface area (Å²) in [4.78, 5) is 4.33. The first-order valence-electron chi connectivity index (χ1n) is 6.18. The van der Waals surface area contributed by atoms with Crippen molar-refractivity contribution in [2.24, 2.45) is 5.84 Å². The molecule has 1 aromatic heterocycles. The van der Waals surface area contributed by atoms with Crippen molar-refractivity contribution in [3.05, 3.63) is 47.5 Å². The Morgan fingerprint density at radius 1 is 1.00 bits per heavy atom. The van der Waals surface area contributed by atoms with Crippen molar-refractivity contribution in [1.82, 2.24) is 4.98 Å². The monoisotopic (exact) mass is 240 g/mol. The minimum Gasteiger partial charge on any atom is -0.340 e. The van der Waals surface area contributed by atoms with Crippen LogP contribution in [-0.4, -0.2) is 4.98 Å². The molecular weight excluding hydrogens is 224 g/mol. The number of hydrazine groups is 1. The molecule has 92 valence electrons. The molecule has 4 heteroatoms. The lowest BCUT2D eigenvalue weighted by Gasteiger charge is -2.09. The van der Waals surface area contributed by atoms with Gasteiger partial charge in [-0.1, -0.05) is 12.1 Å². The van der Waals surface area contributed by atoms with Gasteiger partial charge in [0.25, 0.3) is 0 Å². The van der Waals surface area contributed by atoms with Crippen LogP contribution >= 0.6 is 0 Å². The lowest BCUT2D eigenvalue weighted by atomic mass is 10.1. The Labute approximate surface area is 106 Å². The van der Waals surface area contributed by atoms with E-state index in [9.17, 15) is 0 Å². The maximum absolute atomic E-state index is 5.35. The van der Waals surface area contributed by atoms with Gasteiger partial charge in [0.05, 0.1) is 0 Å². The summed E-state index contributed by atoms with van der Waals surface area (Å²) in [7, 11) is 0. The predicted molar refractivity (Wildman–Crippen MR) is 73.8 cm³/mol. The zero-order chi connectivity index (χ0) is 12.4. The average molecular weight is 240 g/mol. The molecule has 0 saturated carbocycles. The number of aryl methyl sites for hydroxylation is 2. The van der Waals surface area contributed by atoms with Crippen molar-refractivity contribution in [3.63, 3.8) is 0 Å². The van der Waals surface area contributed by atoms with E-state index in [1.807, 2.05) is 18.2 Å². The van der Waals surface area contributed by atoms with Crippen molar-refractivity contribution in [2.75, 3.05) is 10.7 Å². The van der Waals surface area contributed by atoms with Crippen LogP contribution in [0.4, 0.5) is 17.3 Å². The number of nitrogen functional groups attached to an aromatic ring is 1. The van der Waals surface area contributed by atoms with E-state index in [0.717, 1.165) is 11.5 Å². The number of fused-ring (bicyclic) bond motifs is 1. The summed E-state index contributed by atoms with van der Waals surface area (Å²) in [5.41, 5.74) is 6.55. The first-order chi connectivity index (χ1) is 8.85. The smallest absolute Gasteiger partial charge is 0.142 e. The van der Waals surface area contributed by atoms with Gasteiger partial charge in [-0.2, -0.15) is 0 Å². The van der Waals surface area contributed by atoms with Gasteiger partial charge in [-0.05, 0) is 54.7 Å².